The first-order chi connectivity index (χ1) is 8.56. The molecule has 0 fully saturated rings. The van der Waals surface area contributed by atoms with Gasteiger partial charge in [0.25, 0.3) is 0 Å². The van der Waals surface area contributed by atoms with Crippen molar-refractivity contribution in [2.75, 3.05) is 0 Å². The fourth-order valence-electron chi connectivity index (χ4n) is 2.25. The topological polar surface area (TPSA) is 92.4 Å². The van der Waals surface area contributed by atoms with Gasteiger partial charge in [0.15, 0.2) is 0 Å². The Morgan fingerprint density at radius 2 is 1.89 bits per heavy atom. The smallest absolute Gasteiger partial charge is 0.305 e. The first-order valence-corrected chi connectivity index (χ1v) is 5.91. The van der Waals surface area contributed by atoms with E-state index in [0.29, 0.717) is 0 Å². The molecule has 0 spiro atoms. The largest absolute Gasteiger partial charge is 0.481 e. The van der Waals surface area contributed by atoms with Gasteiger partial charge >= 0.3 is 5.97 Å². The van der Waals surface area contributed by atoms with Crippen LogP contribution in [-0.2, 0) is 22.4 Å². The lowest BCUT2D eigenvalue weighted by Crippen LogP contribution is -2.46. The number of nitrogens with two attached hydrogens (primary N) is 1. The van der Waals surface area contributed by atoms with E-state index in [-0.39, 0.29) is 12.5 Å². The number of hydrogen-bond donors (Lipinski definition) is 3. The highest BCUT2D eigenvalue weighted by Gasteiger charge is 2.25. The molecule has 2 rings (SSSR count). The molecule has 1 aromatic carbocycles. The second kappa shape index (κ2) is 5.18. The number of carboxylic acids is 1. The monoisotopic (exact) mass is 248 g/mol. The van der Waals surface area contributed by atoms with E-state index < -0.39 is 17.9 Å². The number of carboxylic acid groups (broad SMARTS) is 1. The van der Waals surface area contributed by atoms with Crippen molar-refractivity contribution in [3.8, 4) is 0 Å². The normalized spacial score (nSPS) is 16.1. The Bertz CT molecular complexity index is 448. The number of aliphatic carboxylic acids is 1. The quantitative estimate of drug-likeness (QED) is 0.703. The number of rotatable bonds is 4. The molecule has 1 amide bonds. The van der Waals surface area contributed by atoms with Gasteiger partial charge in [-0.3, -0.25) is 9.59 Å². The molecule has 0 radical (unpaired) electrons. The summed E-state index contributed by atoms with van der Waals surface area (Å²) in [5.41, 5.74) is 7.97. The van der Waals surface area contributed by atoms with Gasteiger partial charge in [-0.1, -0.05) is 24.3 Å². The zero-order valence-corrected chi connectivity index (χ0v) is 9.93. The lowest BCUT2D eigenvalue weighted by Gasteiger charge is -2.15. The molecule has 0 heterocycles. The van der Waals surface area contributed by atoms with Crippen molar-refractivity contribution in [3.05, 3.63) is 35.4 Å². The van der Waals surface area contributed by atoms with Gasteiger partial charge in [-0.05, 0) is 24.0 Å². The van der Waals surface area contributed by atoms with Gasteiger partial charge in [-0.15, -0.1) is 0 Å². The molecule has 5 heteroatoms. The number of carbonyl (C=O) groups is 2. The summed E-state index contributed by atoms with van der Waals surface area (Å²) < 4.78 is 0. The minimum atomic E-state index is -1.06. The van der Waals surface area contributed by atoms with Gasteiger partial charge in [-0.25, -0.2) is 0 Å². The molecule has 0 bridgehead atoms. The average Bonchev–Trinajstić information content (AvgIpc) is 2.69. The maximum Gasteiger partial charge on any atom is 0.305 e. The first kappa shape index (κ1) is 12.6. The summed E-state index contributed by atoms with van der Waals surface area (Å²) >= 11 is 0. The summed E-state index contributed by atoms with van der Waals surface area (Å²) in [6, 6.07) is 7.07. The highest BCUT2D eigenvalue weighted by atomic mass is 16.4. The number of amides is 1. The van der Waals surface area contributed by atoms with Crippen LogP contribution in [0.25, 0.3) is 0 Å². The minimum Gasteiger partial charge on any atom is -0.481 e. The Morgan fingerprint density at radius 3 is 2.39 bits per heavy atom. The number of carbonyl (C=O) groups excluding carboxylic acids is 1. The van der Waals surface area contributed by atoms with E-state index in [2.05, 4.69) is 5.32 Å². The lowest BCUT2D eigenvalue weighted by molar-refractivity contribution is -0.139. The summed E-state index contributed by atoms with van der Waals surface area (Å²) in [5, 5.41) is 11.4. The summed E-state index contributed by atoms with van der Waals surface area (Å²) in [5.74, 6) is -1.46. The molecule has 1 aliphatic carbocycles. The van der Waals surface area contributed by atoms with Crippen LogP contribution in [0.4, 0.5) is 0 Å². The fourth-order valence-corrected chi connectivity index (χ4v) is 2.25. The van der Waals surface area contributed by atoms with E-state index in [4.69, 9.17) is 10.8 Å². The molecular formula is C13H16N2O3. The molecule has 0 aliphatic heterocycles. The molecule has 1 aliphatic rings. The molecule has 96 valence electrons. The van der Waals surface area contributed by atoms with Crippen LogP contribution in [0.5, 0.6) is 0 Å². The van der Waals surface area contributed by atoms with Crippen LogP contribution in [0.15, 0.2) is 24.3 Å². The summed E-state index contributed by atoms with van der Waals surface area (Å²) in [6.07, 6.45) is 1.22. The van der Waals surface area contributed by atoms with Crippen molar-refractivity contribution in [1.29, 1.82) is 0 Å². The van der Waals surface area contributed by atoms with Gasteiger partial charge in [-0.2, -0.15) is 0 Å². The van der Waals surface area contributed by atoms with Gasteiger partial charge in [0.1, 0.15) is 0 Å². The van der Waals surface area contributed by atoms with Crippen molar-refractivity contribution < 1.29 is 14.7 Å². The number of fused-ring (bicyclic) bond motifs is 1. The summed E-state index contributed by atoms with van der Waals surface area (Å²) in [6.45, 7) is 0. The van der Waals surface area contributed by atoms with Crippen LogP contribution in [-0.4, -0.2) is 29.1 Å². The van der Waals surface area contributed by atoms with Crippen LogP contribution >= 0.6 is 0 Å². The molecule has 1 unspecified atom stereocenters. The Morgan fingerprint density at radius 1 is 1.33 bits per heavy atom. The van der Waals surface area contributed by atoms with E-state index in [0.717, 1.165) is 12.8 Å². The molecular weight excluding hydrogens is 232 g/mol. The van der Waals surface area contributed by atoms with Crippen molar-refractivity contribution in [2.24, 2.45) is 5.73 Å². The lowest BCUT2D eigenvalue weighted by atomic mass is 10.1. The average molecular weight is 248 g/mol. The van der Waals surface area contributed by atoms with Crippen molar-refractivity contribution in [1.82, 2.24) is 5.32 Å². The highest BCUT2D eigenvalue weighted by molar-refractivity contribution is 5.86. The van der Waals surface area contributed by atoms with Crippen LogP contribution in [0.1, 0.15) is 17.5 Å². The van der Waals surface area contributed by atoms with Crippen molar-refractivity contribution in [3.63, 3.8) is 0 Å². The van der Waals surface area contributed by atoms with Crippen LogP contribution < -0.4 is 11.1 Å². The van der Waals surface area contributed by atoms with Crippen LogP contribution in [0, 0.1) is 0 Å². The number of benzene rings is 1. The van der Waals surface area contributed by atoms with Crippen molar-refractivity contribution >= 4 is 11.9 Å². The standard InChI is InChI=1S/C13H16N2O3/c14-11(7-12(16)17)13(18)15-10-5-8-3-1-2-4-9(8)6-10/h1-4,10-11H,5-7,14H2,(H,15,18)(H,16,17). The molecule has 1 aromatic rings. The molecule has 1 atom stereocenters. The first-order valence-electron chi connectivity index (χ1n) is 5.91. The third-order valence-corrected chi connectivity index (χ3v) is 3.13. The van der Waals surface area contributed by atoms with E-state index in [1.54, 1.807) is 0 Å². The van der Waals surface area contributed by atoms with Crippen LogP contribution in [0.3, 0.4) is 0 Å². The number of nitrogens with one attached hydrogen (secondary N) is 1. The zero-order valence-electron chi connectivity index (χ0n) is 9.93. The Hall–Kier alpha value is -1.88. The van der Waals surface area contributed by atoms with E-state index in [1.165, 1.54) is 11.1 Å². The van der Waals surface area contributed by atoms with E-state index in [9.17, 15) is 9.59 Å². The van der Waals surface area contributed by atoms with E-state index >= 15 is 0 Å². The van der Waals surface area contributed by atoms with Gasteiger partial charge in [0, 0.05) is 6.04 Å². The molecule has 0 saturated heterocycles. The number of hydrogen-bond acceptors (Lipinski definition) is 3. The molecule has 0 aromatic heterocycles. The van der Waals surface area contributed by atoms with Gasteiger partial charge < -0.3 is 16.2 Å². The molecule has 18 heavy (non-hydrogen) atoms. The highest BCUT2D eigenvalue weighted by Crippen LogP contribution is 2.21. The zero-order chi connectivity index (χ0) is 13.1. The molecule has 5 nitrogen and oxygen atoms in total. The predicted octanol–water partition coefficient (Wildman–Crippen LogP) is 0.0720. The van der Waals surface area contributed by atoms with E-state index in [1.807, 2.05) is 24.3 Å². The fraction of sp³-hybridized carbons (Fsp3) is 0.385. The van der Waals surface area contributed by atoms with Crippen LogP contribution in [0.2, 0.25) is 0 Å². The summed E-state index contributed by atoms with van der Waals surface area (Å²) in [4.78, 5) is 22.2. The molecule has 4 N–H and O–H groups in total. The second-order valence-corrected chi connectivity index (χ2v) is 4.59. The Balaban J connectivity index is 1.89. The maximum absolute atomic E-state index is 11.7. The van der Waals surface area contributed by atoms with Gasteiger partial charge in [0.05, 0.1) is 12.5 Å². The molecule has 0 saturated carbocycles. The summed E-state index contributed by atoms with van der Waals surface area (Å²) in [7, 11) is 0. The SMILES string of the molecule is NC(CC(=O)O)C(=O)NC1Cc2ccccc2C1. The predicted molar refractivity (Wildman–Crippen MR) is 66.0 cm³/mol. The third kappa shape index (κ3) is 2.87. The Kier molecular flexibility index (Phi) is 3.62. The second-order valence-electron chi connectivity index (χ2n) is 4.59. The Labute approximate surface area is 105 Å². The van der Waals surface area contributed by atoms with Crippen molar-refractivity contribution in [2.45, 2.75) is 31.3 Å². The maximum atomic E-state index is 11.7. The van der Waals surface area contributed by atoms with Gasteiger partial charge in [0.2, 0.25) is 5.91 Å². The minimum absolute atomic E-state index is 0.0229. The third-order valence-electron chi connectivity index (χ3n) is 3.13.